The molecule has 1 fully saturated rings. The standard InChI is InChI=1S/C20H23F3N2/c1-15(18-9-5-6-10-19(18)20(21,22)23)24-17-11-12-25(14-17)13-16-7-3-2-4-8-16/h2-10,15,17,24H,11-14H2,1H3. The first kappa shape index (κ1) is 18.0. The van der Waals surface area contributed by atoms with Gasteiger partial charge in [-0.05, 0) is 30.5 Å². The van der Waals surface area contributed by atoms with Crippen molar-refractivity contribution >= 4 is 0 Å². The second kappa shape index (κ2) is 7.58. The molecule has 1 saturated heterocycles. The van der Waals surface area contributed by atoms with Gasteiger partial charge in [0.05, 0.1) is 5.56 Å². The van der Waals surface area contributed by atoms with Gasteiger partial charge in [-0.1, -0.05) is 48.5 Å². The second-order valence-corrected chi connectivity index (χ2v) is 6.68. The molecular formula is C20H23F3N2. The van der Waals surface area contributed by atoms with Crippen LogP contribution >= 0.6 is 0 Å². The molecule has 1 aliphatic heterocycles. The van der Waals surface area contributed by atoms with Gasteiger partial charge in [-0.3, -0.25) is 4.90 Å². The molecule has 2 nitrogen and oxygen atoms in total. The van der Waals surface area contributed by atoms with Crippen molar-refractivity contribution in [2.24, 2.45) is 0 Å². The van der Waals surface area contributed by atoms with Crippen LogP contribution in [-0.2, 0) is 12.7 Å². The van der Waals surface area contributed by atoms with Crippen LogP contribution in [0.1, 0.15) is 36.1 Å². The molecular weight excluding hydrogens is 325 g/mol. The van der Waals surface area contributed by atoms with Gasteiger partial charge in [0.1, 0.15) is 0 Å². The summed E-state index contributed by atoms with van der Waals surface area (Å²) in [6.45, 7) is 4.50. The number of halogens is 3. The molecule has 0 bridgehead atoms. The molecule has 0 spiro atoms. The first-order valence-electron chi connectivity index (χ1n) is 8.62. The third-order valence-corrected chi connectivity index (χ3v) is 4.74. The number of rotatable bonds is 5. The summed E-state index contributed by atoms with van der Waals surface area (Å²) in [7, 11) is 0. The predicted molar refractivity (Wildman–Crippen MR) is 93.1 cm³/mol. The van der Waals surface area contributed by atoms with Gasteiger partial charge in [0.2, 0.25) is 0 Å². The lowest BCUT2D eigenvalue weighted by Gasteiger charge is -2.23. The molecule has 134 valence electrons. The van der Waals surface area contributed by atoms with Crippen molar-refractivity contribution in [3.63, 3.8) is 0 Å². The molecule has 25 heavy (non-hydrogen) atoms. The molecule has 0 aromatic heterocycles. The maximum absolute atomic E-state index is 13.2. The monoisotopic (exact) mass is 348 g/mol. The quantitative estimate of drug-likeness (QED) is 0.847. The van der Waals surface area contributed by atoms with Crippen molar-refractivity contribution < 1.29 is 13.2 Å². The van der Waals surface area contributed by atoms with Crippen molar-refractivity contribution in [1.29, 1.82) is 0 Å². The van der Waals surface area contributed by atoms with Gasteiger partial charge < -0.3 is 5.32 Å². The van der Waals surface area contributed by atoms with Crippen LogP contribution in [0.3, 0.4) is 0 Å². The molecule has 0 radical (unpaired) electrons. The van der Waals surface area contributed by atoms with Crippen LogP contribution in [-0.4, -0.2) is 24.0 Å². The lowest BCUT2D eigenvalue weighted by Crippen LogP contribution is -2.35. The number of hydrogen-bond donors (Lipinski definition) is 1. The van der Waals surface area contributed by atoms with E-state index in [0.717, 1.165) is 32.1 Å². The fourth-order valence-corrected chi connectivity index (χ4v) is 3.53. The van der Waals surface area contributed by atoms with E-state index in [1.54, 1.807) is 12.1 Å². The highest BCUT2D eigenvalue weighted by atomic mass is 19.4. The highest BCUT2D eigenvalue weighted by Crippen LogP contribution is 2.34. The van der Waals surface area contributed by atoms with Crippen LogP contribution < -0.4 is 5.32 Å². The number of benzene rings is 2. The average Bonchev–Trinajstić information content (AvgIpc) is 3.02. The Morgan fingerprint density at radius 2 is 1.76 bits per heavy atom. The summed E-state index contributed by atoms with van der Waals surface area (Å²) >= 11 is 0. The molecule has 0 aliphatic carbocycles. The number of alkyl halides is 3. The average molecular weight is 348 g/mol. The van der Waals surface area contributed by atoms with E-state index in [2.05, 4.69) is 22.3 Å². The fourth-order valence-electron chi connectivity index (χ4n) is 3.53. The largest absolute Gasteiger partial charge is 0.416 e. The van der Waals surface area contributed by atoms with Gasteiger partial charge in [-0.2, -0.15) is 13.2 Å². The van der Waals surface area contributed by atoms with Crippen molar-refractivity contribution in [3.05, 3.63) is 71.3 Å². The molecule has 1 aliphatic rings. The van der Waals surface area contributed by atoms with E-state index in [4.69, 9.17) is 0 Å². The molecule has 5 heteroatoms. The van der Waals surface area contributed by atoms with Gasteiger partial charge in [0.25, 0.3) is 0 Å². The Morgan fingerprint density at radius 1 is 1.08 bits per heavy atom. The van der Waals surface area contributed by atoms with E-state index in [0.29, 0.717) is 5.56 Å². The van der Waals surface area contributed by atoms with Gasteiger partial charge in [-0.25, -0.2) is 0 Å². The number of nitrogens with one attached hydrogen (secondary N) is 1. The minimum absolute atomic E-state index is 0.208. The Hall–Kier alpha value is -1.85. The Balaban J connectivity index is 1.60. The van der Waals surface area contributed by atoms with Gasteiger partial charge >= 0.3 is 6.18 Å². The predicted octanol–water partition coefficient (Wildman–Crippen LogP) is 4.63. The summed E-state index contributed by atoms with van der Waals surface area (Å²) in [6, 6.07) is 16.0. The molecule has 1 N–H and O–H groups in total. The molecule has 2 unspecified atom stereocenters. The Kier molecular flexibility index (Phi) is 5.45. The molecule has 2 aromatic rings. The maximum Gasteiger partial charge on any atom is 0.416 e. The first-order valence-corrected chi connectivity index (χ1v) is 8.62. The second-order valence-electron chi connectivity index (χ2n) is 6.68. The molecule has 0 amide bonds. The zero-order valence-corrected chi connectivity index (χ0v) is 14.3. The molecule has 1 heterocycles. The van der Waals surface area contributed by atoms with E-state index < -0.39 is 11.7 Å². The minimum atomic E-state index is -4.32. The van der Waals surface area contributed by atoms with Crippen molar-refractivity contribution in [2.75, 3.05) is 13.1 Å². The van der Waals surface area contributed by atoms with Crippen molar-refractivity contribution in [1.82, 2.24) is 10.2 Å². The topological polar surface area (TPSA) is 15.3 Å². The minimum Gasteiger partial charge on any atom is -0.306 e. The molecule has 0 saturated carbocycles. The van der Waals surface area contributed by atoms with E-state index in [1.807, 2.05) is 25.1 Å². The van der Waals surface area contributed by atoms with Crippen LogP contribution in [0.4, 0.5) is 13.2 Å². The smallest absolute Gasteiger partial charge is 0.306 e. The molecule has 2 aromatic carbocycles. The highest BCUT2D eigenvalue weighted by molar-refractivity contribution is 5.32. The number of hydrogen-bond acceptors (Lipinski definition) is 2. The normalized spacial score (nSPS) is 19.9. The van der Waals surface area contributed by atoms with Gasteiger partial charge in [0, 0.05) is 31.7 Å². The third kappa shape index (κ3) is 4.61. The summed E-state index contributed by atoms with van der Waals surface area (Å²) in [5.41, 5.74) is 1.03. The Labute approximate surface area is 146 Å². The van der Waals surface area contributed by atoms with E-state index >= 15 is 0 Å². The summed E-state index contributed by atoms with van der Waals surface area (Å²) < 4.78 is 39.6. The zero-order valence-electron chi connectivity index (χ0n) is 14.3. The third-order valence-electron chi connectivity index (χ3n) is 4.74. The van der Waals surface area contributed by atoms with Crippen molar-refractivity contribution in [2.45, 2.75) is 38.1 Å². The number of likely N-dealkylation sites (tertiary alicyclic amines) is 1. The van der Waals surface area contributed by atoms with E-state index in [-0.39, 0.29) is 12.1 Å². The van der Waals surface area contributed by atoms with Gasteiger partial charge in [0.15, 0.2) is 0 Å². The van der Waals surface area contributed by atoms with Gasteiger partial charge in [-0.15, -0.1) is 0 Å². The van der Waals surface area contributed by atoms with Crippen LogP contribution in [0, 0.1) is 0 Å². The summed E-state index contributed by atoms with van der Waals surface area (Å²) in [4.78, 5) is 2.34. The Morgan fingerprint density at radius 3 is 2.48 bits per heavy atom. The summed E-state index contributed by atoms with van der Waals surface area (Å²) in [5, 5.41) is 3.38. The Bertz CT molecular complexity index is 685. The van der Waals surface area contributed by atoms with Crippen LogP contribution in [0.2, 0.25) is 0 Å². The highest BCUT2D eigenvalue weighted by Gasteiger charge is 2.34. The van der Waals surface area contributed by atoms with E-state index in [1.165, 1.54) is 11.6 Å². The van der Waals surface area contributed by atoms with Crippen LogP contribution in [0.15, 0.2) is 54.6 Å². The summed E-state index contributed by atoms with van der Waals surface area (Å²) in [6.07, 6.45) is -3.37. The summed E-state index contributed by atoms with van der Waals surface area (Å²) in [5.74, 6) is 0. The zero-order chi connectivity index (χ0) is 17.9. The fraction of sp³-hybridized carbons (Fsp3) is 0.400. The van der Waals surface area contributed by atoms with Crippen LogP contribution in [0.5, 0.6) is 0 Å². The SMILES string of the molecule is CC(NC1CCN(Cc2ccccc2)C1)c1ccccc1C(F)(F)F. The first-order chi connectivity index (χ1) is 11.9. The lowest BCUT2D eigenvalue weighted by molar-refractivity contribution is -0.138. The number of nitrogens with zero attached hydrogens (tertiary/aromatic N) is 1. The van der Waals surface area contributed by atoms with E-state index in [9.17, 15) is 13.2 Å². The van der Waals surface area contributed by atoms with Crippen LogP contribution in [0.25, 0.3) is 0 Å². The van der Waals surface area contributed by atoms with Crippen molar-refractivity contribution in [3.8, 4) is 0 Å². The molecule has 3 rings (SSSR count). The maximum atomic E-state index is 13.2. The molecule has 2 atom stereocenters. The lowest BCUT2D eigenvalue weighted by atomic mass is 10.00.